The summed E-state index contributed by atoms with van der Waals surface area (Å²) in [5.41, 5.74) is 0.639. The highest BCUT2D eigenvalue weighted by atomic mass is 16.3. The molecular formula is C16H12O4. The second-order valence-electron chi connectivity index (χ2n) is 4.54. The zero-order valence-corrected chi connectivity index (χ0v) is 10.4. The predicted octanol–water partition coefficient (Wildman–Crippen LogP) is 3.33. The second kappa shape index (κ2) is 4.35. The van der Waals surface area contributed by atoms with Gasteiger partial charge in [-0.15, -0.1) is 0 Å². The lowest BCUT2D eigenvalue weighted by atomic mass is 9.98. The number of phenolic OH excluding ortho intramolecular Hbond substituents is 4. The molecule has 3 rings (SSSR count). The number of hydrogen-bond acceptors (Lipinski definition) is 4. The first-order chi connectivity index (χ1) is 9.58. The van der Waals surface area contributed by atoms with Gasteiger partial charge in [0, 0.05) is 28.0 Å². The highest BCUT2D eigenvalue weighted by Gasteiger charge is 2.15. The van der Waals surface area contributed by atoms with E-state index in [1.807, 2.05) is 0 Å². The van der Waals surface area contributed by atoms with Crippen LogP contribution in [0.15, 0.2) is 48.5 Å². The van der Waals surface area contributed by atoms with E-state index in [1.165, 1.54) is 24.3 Å². The minimum atomic E-state index is -0.171. The van der Waals surface area contributed by atoms with Crippen LogP contribution in [0.1, 0.15) is 0 Å². The zero-order valence-electron chi connectivity index (χ0n) is 10.4. The van der Waals surface area contributed by atoms with Crippen molar-refractivity contribution >= 4 is 10.8 Å². The van der Waals surface area contributed by atoms with E-state index < -0.39 is 0 Å². The van der Waals surface area contributed by atoms with Gasteiger partial charge in [0.15, 0.2) is 0 Å². The zero-order chi connectivity index (χ0) is 14.3. The van der Waals surface area contributed by atoms with E-state index in [0.29, 0.717) is 21.9 Å². The van der Waals surface area contributed by atoms with Gasteiger partial charge in [-0.05, 0) is 18.2 Å². The van der Waals surface area contributed by atoms with Crippen LogP contribution in [0, 0.1) is 0 Å². The van der Waals surface area contributed by atoms with Crippen LogP contribution in [0.2, 0.25) is 0 Å². The molecular weight excluding hydrogens is 256 g/mol. The van der Waals surface area contributed by atoms with Crippen molar-refractivity contribution in [1.29, 1.82) is 0 Å². The largest absolute Gasteiger partial charge is 0.508 e. The molecule has 0 unspecified atom stereocenters. The van der Waals surface area contributed by atoms with Crippen LogP contribution in [0.3, 0.4) is 0 Å². The molecule has 0 saturated heterocycles. The molecule has 0 atom stereocenters. The molecule has 0 aliphatic rings. The summed E-state index contributed by atoms with van der Waals surface area (Å²) in [5.74, 6) is -0.258. The van der Waals surface area contributed by atoms with Crippen molar-refractivity contribution in [2.24, 2.45) is 0 Å². The van der Waals surface area contributed by atoms with Crippen molar-refractivity contribution in [3.63, 3.8) is 0 Å². The molecule has 0 heterocycles. The summed E-state index contributed by atoms with van der Waals surface area (Å²) < 4.78 is 0. The lowest BCUT2D eigenvalue weighted by molar-refractivity contribution is 0.450. The quantitative estimate of drug-likeness (QED) is 0.510. The smallest absolute Gasteiger partial charge is 0.131 e. The molecule has 20 heavy (non-hydrogen) atoms. The van der Waals surface area contributed by atoms with E-state index in [9.17, 15) is 20.4 Å². The molecule has 0 radical (unpaired) electrons. The molecule has 0 spiro atoms. The van der Waals surface area contributed by atoms with Gasteiger partial charge in [0.05, 0.1) is 0 Å². The maximum absolute atomic E-state index is 10.3. The molecule has 4 nitrogen and oxygen atoms in total. The Morgan fingerprint density at radius 3 is 2.00 bits per heavy atom. The van der Waals surface area contributed by atoms with Crippen molar-refractivity contribution in [2.75, 3.05) is 0 Å². The third kappa shape index (κ3) is 1.78. The Bertz CT molecular complexity index is 809. The summed E-state index contributed by atoms with van der Waals surface area (Å²) in [6.45, 7) is 0. The monoisotopic (exact) mass is 268 g/mol. The van der Waals surface area contributed by atoms with Gasteiger partial charge in [-0.3, -0.25) is 0 Å². The number of aromatic hydroxyl groups is 4. The van der Waals surface area contributed by atoms with E-state index in [-0.39, 0.29) is 23.0 Å². The minimum Gasteiger partial charge on any atom is -0.508 e. The molecule has 0 amide bonds. The Morgan fingerprint density at radius 2 is 1.30 bits per heavy atom. The fraction of sp³-hybridized carbons (Fsp3) is 0. The molecule has 0 aromatic heterocycles. The summed E-state index contributed by atoms with van der Waals surface area (Å²) in [7, 11) is 0. The molecule has 0 fully saturated rings. The number of phenols is 4. The maximum Gasteiger partial charge on any atom is 0.131 e. The third-order valence-electron chi connectivity index (χ3n) is 3.27. The van der Waals surface area contributed by atoms with Gasteiger partial charge in [0.2, 0.25) is 0 Å². The van der Waals surface area contributed by atoms with Gasteiger partial charge in [-0.25, -0.2) is 0 Å². The fourth-order valence-electron chi connectivity index (χ4n) is 2.29. The predicted molar refractivity (Wildman–Crippen MR) is 76.0 cm³/mol. The Morgan fingerprint density at radius 1 is 0.600 bits per heavy atom. The molecule has 0 aliphatic heterocycles. The Balaban J connectivity index is 2.34. The molecule has 100 valence electrons. The first-order valence-corrected chi connectivity index (χ1v) is 6.04. The number of rotatable bonds is 1. The highest BCUT2D eigenvalue weighted by molar-refractivity contribution is 5.99. The lowest BCUT2D eigenvalue weighted by Crippen LogP contribution is -1.84. The molecule has 4 N–H and O–H groups in total. The summed E-state index contributed by atoms with van der Waals surface area (Å²) >= 11 is 0. The van der Waals surface area contributed by atoms with E-state index in [1.54, 1.807) is 24.3 Å². The van der Waals surface area contributed by atoms with Gasteiger partial charge in [0.1, 0.15) is 23.0 Å². The van der Waals surface area contributed by atoms with Gasteiger partial charge in [-0.1, -0.05) is 24.3 Å². The number of benzene rings is 3. The normalized spacial score (nSPS) is 10.8. The van der Waals surface area contributed by atoms with Crippen LogP contribution in [-0.2, 0) is 0 Å². The van der Waals surface area contributed by atoms with E-state index >= 15 is 0 Å². The van der Waals surface area contributed by atoms with Crippen molar-refractivity contribution in [1.82, 2.24) is 0 Å². The van der Waals surface area contributed by atoms with Crippen LogP contribution in [0.4, 0.5) is 0 Å². The van der Waals surface area contributed by atoms with E-state index in [2.05, 4.69) is 0 Å². The van der Waals surface area contributed by atoms with Crippen LogP contribution < -0.4 is 0 Å². The Labute approximate surface area is 114 Å². The summed E-state index contributed by atoms with van der Waals surface area (Å²) in [5, 5.41) is 40.6. The van der Waals surface area contributed by atoms with E-state index in [4.69, 9.17) is 0 Å². The Hall–Kier alpha value is -2.88. The Kier molecular flexibility index (Phi) is 2.64. The van der Waals surface area contributed by atoms with Crippen LogP contribution in [0.25, 0.3) is 21.9 Å². The minimum absolute atomic E-state index is 0.0147. The fourth-order valence-corrected chi connectivity index (χ4v) is 2.29. The van der Waals surface area contributed by atoms with E-state index in [0.717, 1.165) is 0 Å². The number of fused-ring (bicyclic) bond motifs is 1. The van der Waals surface area contributed by atoms with Crippen LogP contribution in [0.5, 0.6) is 23.0 Å². The molecule has 3 aromatic carbocycles. The van der Waals surface area contributed by atoms with Crippen molar-refractivity contribution in [3.05, 3.63) is 48.5 Å². The van der Waals surface area contributed by atoms with Crippen LogP contribution in [-0.4, -0.2) is 20.4 Å². The third-order valence-corrected chi connectivity index (χ3v) is 3.27. The molecule has 3 aromatic rings. The summed E-state index contributed by atoms with van der Waals surface area (Å²) in [6.07, 6.45) is 0. The van der Waals surface area contributed by atoms with Crippen molar-refractivity contribution in [2.45, 2.75) is 0 Å². The van der Waals surface area contributed by atoms with Crippen molar-refractivity contribution in [3.8, 4) is 34.1 Å². The van der Waals surface area contributed by atoms with Gasteiger partial charge >= 0.3 is 0 Å². The molecule has 0 bridgehead atoms. The summed E-state index contributed by atoms with van der Waals surface area (Å²) in [6, 6.07) is 12.4. The topological polar surface area (TPSA) is 80.9 Å². The highest BCUT2D eigenvalue weighted by Crippen LogP contribution is 2.43. The van der Waals surface area contributed by atoms with Gasteiger partial charge in [0.25, 0.3) is 0 Å². The molecule has 0 aliphatic carbocycles. The molecule has 0 saturated carbocycles. The first-order valence-electron chi connectivity index (χ1n) is 6.04. The average Bonchev–Trinajstić information content (AvgIpc) is 2.43. The van der Waals surface area contributed by atoms with Crippen molar-refractivity contribution < 1.29 is 20.4 Å². The first kappa shape index (κ1) is 12.2. The second-order valence-corrected chi connectivity index (χ2v) is 4.54. The lowest BCUT2D eigenvalue weighted by Gasteiger charge is -2.11. The summed E-state index contributed by atoms with van der Waals surface area (Å²) in [4.78, 5) is 0. The maximum atomic E-state index is 10.3. The van der Waals surface area contributed by atoms with Gasteiger partial charge < -0.3 is 20.4 Å². The van der Waals surface area contributed by atoms with Crippen LogP contribution >= 0.6 is 0 Å². The SMILES string of the molecule is Oc1ccc(-c2cc(O)c3ccccc3c2O)c(O)c1. The number of hydrogen-bond donors (Lipinski definition) is 4. The average molecular weight is 268 g/mol. The van der Waals surface area contributed by atoms with Gasteiger partial charge in [-0.2, -0.15) is 0 Å². The standard InChI is InChI=1S/C16H12O4/c17-9-5-6-11(14(18)7-9)13-8-15(19)10-3-1-2-4-12(10)16(13)20/h1-8,17-20H. The molecule has 4 heteroatoms.